The standard InChI is InChI=1S/C58H113N2O6P/c1-6-8-10-12-13-14-15-16-17-18-19-20-21-22-23-24-25-26-27-28-29-30-31-32-33-34-35-36-37-38-39-40-41-42-43-44-45-46-47-48-50-52-58(62)59-56(57(61)51-49-11-9-7-2)55-66-67(63,64)65-54-53-60(3,4)5/h15-16,18-19,21-22,56-57,61H,6-14,17,20,23-55H2,1-5H3,(H-,59,62,63,64)/b16-15-,19-18-,22-21-. The summed E-state index contributed by atoms with van der Waals surface area (Å²) in [6, 6.07) is -0.793. The molecule has 0 saturated heterocycles. The number of carbonyl (C=O) groups excluding carboxylic acids is 1. The molecular weight excluding hydrogens is 852 g/mol. The maximum absolute atomic E-state index is 12.8. The topological polar surface area (TPSA) is 108 Å². The number of aliphatic hydroxyl groups is 1. The van der Waals surface area contributed by atoms with Crippen LogP contribution in [-0.4, -0.2) is 68.5 Å². The lowest BCUT2D eigenvalue weighted by atomic mass is 10.0. The quantitative estimate of drug-likeness (QED) is 0.0272. The monoisotopic (exact) mass is 965 g/mol. The zero-order valence-corrected chi connectivity index (χ0v) is 46.0. The SMILES string of the molecule is CCCCCCC/C=C\C/C=C\C/C=C\CCCCCCCCCCCCCCCCCCCCCCCCCCCCC(=O)NC(COP(=O)([O-])OCC[N+](C)(C)C)C(O)CCCCCC. The van der Waals surface area contributed by atoms with Crippen molar-refractivity contribution in [2.24, 2.45) is 0 Å². The summed E-state index contributed by atoms with van der Waals surface area (Å²) in [6.45, 7) is 4.60. The van der Waals surface area contributed by atoms with Crippen molar-refractivity contribution >= 4 is 13.7 Å². The normalized spacial score (nSPS) is 14.2. The molecule has 8 nitrogen and oxygen atoms in total. The third kappa shape index (κ3) is 52.4. The molecule has 0 aliphatic heterocycles. The summed E-state index contributed by atoms with van der Waals surface area (Å²) in [6.07, 6.45) is 64.3. The number of nitrogens with zero attached hydrogens (tertiary/aromatic N) is 1. The number of rotatable bonds is 53. The molecule has 3 unspecified atom stereocenters. The van der Waals surface area contributed by atoms with Crippen LogP contribution in [-0.2, 0) is 18.4 Å². The smallest absolute Gasteiger partial charge is 0.268 e. The second-order valence-electron chi connectivity index (χ2n) is 21.0. The van der Waals surface area contributed by atoms with Gasteiger partial charge in [0, 0.05) is 6.42 Å². The minimum Gasteiger partial charge on any atom is -0.756 e. The molecule has 0 saturated carbocycles. The van der Waals surface area contributed by atoms with Crippen molar-refractivity contribution in [1.82, 2.24) is 5.32 Å². The van der Waals surface area contributed by atoms with Crippen LogP contribution in [0.25, 0.3) is 0 Å². The van der Waals surface area contributed by atoms with Gasteiger partial charge in [0.1, 0.15) is 13.2 Å². The number of carbonyl (C=O) groups is 1. The van der Waals surface area contributed by atoms with Gasteiger partial charge in [-0.2, -0.15) is 0 Å². The predicted octanol–water partition coefficient (Wildman–Crippen LogP) is 16.7. The molecule has 396 valence electrons. The first-order chi connectivity index (χ1) is 32.5. The fraction of sp³-hybridized carbons (Fsp3) is 0.879. The maximum Gasteiger partial charge on any atom is 0.268 e. The van der Waals surface area contributed by atoms with Crippen molar-refractivity contribution in [3.63, 3.8) is 0 Å². The Bertz CT molecular complexity index is 1190. The van der Waals surface area contributed by atoms with E-state index in [1.807, 2.05) is 21.1 Å². The van der Waals surface area contributed by atoms with E-state index in [1.165, 1.54) is 193 Å². The number of likely N-dealkylation sites (N-methyl/N-ethyl adjacent to an activating group) is 1. The summed E-state index contributed by atoms with van der Waals surface area (Å²) in [5, 5.41) is 13.7. The highest BCUT2D eigenvalue weighted by molar-refractivity contribution is 7.45. The number of phosphoric acid groups is 1. The molecule has 3 atom stereocenters. The first kappa shape index (κ1) is 65.7. The average Bonchev–Trinajstić information content (AvgIpc) is 3.29. The first-order valence-corrected chi connectivity index (χ1v) is 30.3. The molecule has 1 amide bonds. The molecule has 0 radical (unpaired) electrons. The van der Waals surface area contributed by atoms with Gasteiger partial charge in [-0.05, 0) is 51.4 Å². The minimum absolute atomic E-state index is 0.0127. The van der Waals surface area contributed by atoms with E-state index in [2.05, 4.69) is 55.6 Å². The number of quaternary nitrogens is 1. The van der Waals surface area contributed by atoms with Crippen molar-refractivity contribution in [2.75, 3.05) is 40.9 Å². The van der Waals surface area contributed by atoms with Crippen molar-refractivity contribution in [3.05, 3.63) is 36.5 Å². The number of amides is 1. The lowest BCUT2D eigenvalue weighted by molar-refractivity contribution is -0.870. The Morgan fingerprint density at radius 1 is 0.522 bits per heavy atom. The third-order valence-corrected chi connectivity index (χ3v) is 14.1. The Morgan fingerprint density at radius 2 is 0.866 bits per heavy atom. The van der Waals surface area contributed by atoms with Crippen LogP contribution < -0.4 is 10.2 Å². The molecule has 0 aromatic heterocycles. The second kappa shape index (κ2) is 49.7. The Kier molecular flexibility index (Phi) is 48.7. The second-order valence-corrected chi connectivity index (χ2v) is 22.4. The number of nitrogens with one attached hydrogen (secondary N) is 1. The Morgan fingerprint density at radius 3 is 1.25 bits per heavy atom. The summed E-state index contributed by atoms with van der Waals surface area (Å²) >= 11 is 0. The van der Waals surface area contributed by atoms with E-state index < -0.39 is 20.0 Å². The van der Waals surface area contributed by atoms with Crippen LogP contribution in [0.15, 0.2) is 36.5 Å². The van der Waals surface area contributed by atoms with Gasteiger partial charge in [0.2, 0.25) is 5.91 Å². The molecular formula is C58H113N2O6P. The van der Waals surface area contributed by atoms with Gasteiger partial charge < -0.3 is 28.8 Å². The highest BCUT2D eigenvalue weighted by Gasteiger charge is 2.24. The fourth-order valence-electron chi connectivity index (χ4n) is 8.58. The van der Waals surface area contributed by atoms with E-state index in [1.54, 1.807) is 0 Å². The van der Waals surface area contributed by atoms with Gasteiger partial charge in [0.25, 0.3) is 7.82 Å². The first-order valence-electron chi connectivity index (χ1n) is 28.8. The molecule has 67 heavy (non-hydrogen) atoms. The molecule has 0 bridgehead atoms. The van der Waals surface area contributed by atoms with E-state index >= 15 is 0 Å². The van der Waals surface area contributed by atoms with Crippen molar-refractivity contribution in [2.45, 2.75) is 289 Å². The summed E-state index contributed by atoms with van der Waals surface area (Å²) in [5.74, 6) is -0.170. The fourth-order valence-corrected chi connectivity index (χ4v) is 9.30. The van der Waals surface area contributed by atoms with Gasteiger partial charge in [0.05, 0.1) is 39.9 Å². The van der Waals surface area contributed by atoms with Crippen LogP contribution in [0.3, 0.4) is 0 Å². The van der Waals surface area contributed by atoms with E-state index in [9.17, 15) is 19.4 Å². The van der Waals surface area contributed by atoms with Gasteiger partial charge in [-0.3, -0.25) is 9.36 Å². The molecule has 9 heteroatoms. The van der Waals surface area contributed by atoms with Crippen LogP contribution >= 0.6 is 7.82 Å². The van der Waals surface area contributed by atoms with Crippen LogP contribution in [0.5, 0.6) is 0 Å². The average molecular weight is 966 g/mol. The summed E-state index contributed by atoms with van der Waals surface area (Å²) in [4.78, 5) is 25.1. The van der Waals surface area contributed by atoms with Crippen molar-refractivity contribution in [3.8, 4) is 0 Å². The van der Waals surface area contributed by atoms with Crippen LogP contribution in [0.2, 0.25) is 0 Å². The van der Waals surface area contributed by atoms with Gasteiger partial charge in [-0.15, -0.1) is 0 Å². The highest BCUT2D eigenvalue weighted by Crippen LogP contribution is 2.38. The molecule has 2 N–H and O–H groups in total. The van der Waals surface area contributed by atoms with Crippen molar-refractivity contribution in [1.29, 1.82) is 0 Å². The molecule has 0 aliphatic rings. The molecule has 0 aromatic carbocycles. The molecule has 0 aliphatic carbocycles. The molecule has 0 fully saturated rings. The lowest BCUT2D eigenvalue weighted by Gasteiger charge is -2.30. The van der Waals surface area contributed by atoms with Gasteiger partial charge in [0.15, 0.2) is 0 Å². The third-order valence-electron chi connectivity index (χ3n) is 13.1. The predicted molar refractivity (Wildman–Crippen MR) is 288 cm³/mol. The van der Waals surface area contributed by atoms with Gasteiger partial charge >= 0.3 is 0 Å². The molecule has 0 rings (SSSR count). The number of hydrogen-bond donors (Lipinski definition) is 2. The van der Waals surface area contributed by atoms with Crippen LogP contribution in [0, 0.1) is 0 Å². The Hall–Kier alpha value is -1.28. The largest absolute Gasteiger partial charge is 0.756 e. The van der Waals surface area contributed by atoms with Gasteiger partial charge in [-0.1, -0.05) is 256 Å². The van der Waals surface area contributed by atoms with Gasteiger partial charge in [-0.25, -0.2) is 0 Å². The summed E-state index contributed by atoms with van der Waals surface area (Å²) in [5.41, 5.74) is 0. The van der Waals surface area contributed by atoms with Crippen molar-refractivity contribution < 1.29 is 32.9 Å². The number of phosphoric ester groups is 1. The Labute approximate surface area is 417 Å². The molecule has 0 spiro atoms. The van der Waals surface area contributed by atoms with E-state index in [0.717, 1.165) is 57.8 Å². The minimum atomic E-state index is -4.54. The lowest BCUT2D eigenvalue weighted by Crippen LogP contribution is -2.46. The number of allylic oxidation sites excluding steroid dienone is 6. The van der Waals surface area contributed by atoms with E-state index in [0.29, 0.717) is 23.9 Å². The zero-order valence-electron chi connectivity index (χ0n) is 45.1. The number of unbranched alkanes of at least 4 members (excludes halogenated alkanes) is 34. The van der Waals surface area contributed by atoms with Crippen LogP contribution in [0.4, 0.5) is 0 Å². The zero-order chi connectivity index (χ0) is 49.2. The van der Waals surface area contributed by atoms with E-state index in [-0.39, 0.29) is 19.1 Å². The Balaban J connectivity index is 3.61. The molecule has 0 heterocycles. The number of hydrogen-bond acceptors (Lipinski definition) is 6. The molecule has 0 aromatic rings. The summed E-state index contributed by atoms with van der Waals surface area (Å²) < 4.78 is 23.1. The number of aliphatic hydroxyl groups excluding tert-OH is 1. The summed E-state index contributed by atoms with van der Waals surface area (Å²) in [7, 11) is 1.31. The maximum atomic E-state index is 12.8. The van der Waals surface area contributed by atoms with Crippen LogP contribution in [0.1, 0.15) is 277 Å². The van der Waals surface area contributed by atoms with E-state index in [4.69, 9.17) is 9.05 Å². The highest BCUT2D eigenvalue weighted by atomic mass is 31.2.